The number of nitriles is 1. The number of nitro groups is 1. The number of alkyl halides is 2. The molecule has 0 aromatic carbocycles. The summed E-state index contributed by atoms with van der Waals surface area (Å²) in [5, 5.41) is 27.8. The number of aromatic nitrogens is 1. The van der Waals surface area contributed by atoms with Crippen molar-refractivity contribution in [1.82, 2.24) is 4.98 Å². The molecule has 0 unspecified atom stereocenters. The van der Waals surface area contributed by atoms with Gasteiger partial charge in [-0.15, -0.1) is 0 Å². The maximum Gasteiger partial charge on any atom is 0.382 e. The second-order valence-electron chi connectivity index (χ2n) is 2.73. The smallest absolute Gasteiger partial charge is 0.382 e. The van der Waals surface area contributed by atoms with Crippen molar-refractivity contribution < 1.29 is 18.8 Å². The second-order valence-corrected chi connectivity index (χ2v) is 2.73. The van der Waals surface area contributed by atoms with Gasteiger partial charge >= 0.3 is 5.82 Å². The Morgan fingerprint density at radius 2 is 2.31 bits per heavy atom. The third-order valence-corrected chi connectivity index (χ3v) is 1.77. The summed E-state index contributed by atoms with van der Waals surface area (Å²) < 4.78 is 25.0. The first-order valence-electron chi connectivity index (χ1n) is 3.98. The van der Waals surface area contributed by atoms with Gasteiger partial charge in [0.2, 0.25) is 0 Å². The molecular formula is C8H5F2N3O3. The summed E-state index contributed by atoms with van der Waals surface area (Å²) in [6.07, 6.45) is -3.04. The van der Waals surface area contributed by atoms with E-state index in [0.717, 1.165) is 6.07 Å². The predicted octanol–water partition coefficient (Wildman–Crippen LogP) is 1.29. The van der Waals surface area contributed by atoms with E-state index < -0.39 is 34.9 Å². The highest BCUT2D eigenvalue weighted by Gasteiger charge is 2.26. The summed E-state index contributed by atoms with van der Waals surface area (Å²) in [5.41, 5.74) is -1.86. The Hall–Kier alpha value is -2.14. The summed E-state index contributed by atoms with van der Waals surface area (Å²) in [6.45, 7) is -0.716. The number of hydrogen-bond acceptors (Lipinski definition) is 5. The number of rotatable bonds is 3. The Morgan fingerprint density at radius 3 is 2.69 bits per heavy atom. The molecule has 0 atom stereocenters. The molecule has 0 aliphatic rings. The van der Waals surface area contributed by atoms with Crippen molar-refractivity contribution >= 4 is 5.82 Å². The monoisotopic (exact) mass is 229 g/mol. The maximum atomic E-state index is 12.5. The van der Waals surface area contributed by atoms with Gasteiger partial charge in [-0.25, -0.2) is 8.78 Å². The van der Waals surface area contributed by atoms with Crippen molar-refractivity contribution in [1.29, 1.82) is 5.26 Å². The molecule has 0 bridgehead atoms. The van der Waals surface area contributed by atoms with E-state index in [0.29, 0.717) is 0 Å². The van der Waals surface area contributed by atoms with Crippen LogP contribution in [0.5, 0.6) is 0 Å². The largest absolute Gasteiger partial charge is 0.388 e. The fourth-order valence-electron chi connectivity index (χ4n) is 1.10. The first-order chi connectivity index (χ1) is 7.51. The van der Waals surface area contributed by atoms with Gasteiger partial charge in [-0.1, -0.05) is 0 Å². The van der Waals surface area contributed by atoms with Crippen LogP contribution in [0.2, 0.25) is 0 Å². The van der Waals surface area contributed by atoms with Gasteiger partial charge < -0.3 is 15.2 Å². The lowest BCUT2D eigenvalue weighted by Gasteiger charge is -2.03. The standard InChI is InChI=1S/C8H5F2N3O3/c9-7(10)5-1-4(3-14)12-8(13(15)16)6(5)2-11/h1,7,14H,3H2. The number of nitrogens with zero attached hydrogens (tertiary/aromatic N) is 3. The summed E-state index contributed by atoms with van der Waals surface area (Å²) in [5.74, 6) is -0.968. The molecule has 1 N–H and O–H groups in total. The van der Waals surface area contributed by atoms with E-state index in [-0.39, 0.29) is 5.69 Å². The minimum absolute atomic E-state index is 0.277. The van der Waals surface area contributed by atoms with Gasteiger partial charge in [0, 0.05) is 5.56 Å². The highest BCUT2D eigenvalue weighted by atomic mass is 19.3. The van der Waals surface area contributed by atoms with Crippen molar-refractivity contribution in [2.45, 2.75) is 13.0 Å². The van der Waals surface area contributed by atoms with Crippen LogP contribution in [0.25, 0.3) is 0 Å². The molecule has 0 fully saturated rings. The second kappa shape index (κ2) is 4.59. The molecule has 84 valence electrons. The van der Waals surface area contributed by atoms with Crippen LogP contribution in [0.4, 0.5) is 14.6 Å². The van der Waals surface area contributed by atoms with Gasteiger partial charge in [0.1, 0.15) is 12.7 Å². The van der Waals surface area contributed by atoms with Crippen LogP contribution in [0.3, 0.4) is 0 Å². The van der Waals surface area contributed by atoms with Crippen LogP contribution in [-0.4, -0.2) is 15.0 Å². The predicted molar refractivity (Wildman–Crippen MR) is 46.5 cm³/mol. The molecule has 0 saturated carbocycles. The van der Waals surface area contributed by atoms with Crippen molar-refractivity contribution in [3.05, 3.63) is 33.0 Å². The third kappa shape index (κ3) is 2.09. The van der Waals surface area contributed by atoms with E-state index in [1.165, 1.54) is 6.07 Å². The Kier molecular flexibility index (Phi) is 3.42. The lowest BCUT2D eigenvalue weighted by atomic mass is 10.1. The Bertz CT molecular complexity index is 470. The van der Waals surface area contributed by atoms with Crippen LogP contribution in [0, 0.1) is 21.4 Å². The molecule has 0 saturated heterocycles. The first kappa shape index (κ1) is 11.9. The van der Waals surface area contributed by atoms with Gasteiger partial charge in [0.05, 0.1) is 0 Å². The van der Waals surface area contributed by atoms with Crippen molar-refractivity contribution in [2.75, 3.05) is 0 Å². The zero-order valence-corrected chi connectivity index (χ0v) is 7.72. The van der Waals surface area contributed by atoms with E-state index >= 15 is 0 Å². The van der Waals surface area contributed by atoms with Gasteiger partial charge in [0.15, 0.2) is 11.3 Å². The van der Waals surface area contributed by atoms with Gasteiger partial charge in [-0.05, 0) is 16.0 Å². The molecule has 0 amide bonds. The summed E-state index contributed by atoms with van der Waals surface area (Å²) >= 11 is 0. The highest BCUT2D eigenvalue weighted by molar-refractivity contribution is 5.50. The van der Waals surface area contributed by atoms with E-state index in [1.807, 2.05) is 0 Å². The zero-order valence-electron chi connectivity index (χ0n) is 7.72. The number of halogens is 2. The minimum atomic E-state index is -3.04. The summed E-state index contributed by atoms with van der Waals surface area (Å²) in [4.78, 5) is 12.8. The molecule has 8 heteroatoms. The van der Waals surface area contributed by atoms with Gasteiger partial charge in [0.25, 0.3) is 6.43 Å². The van der Waals surface area contributed by atoms with E-state index in [9.17, 15) is 18.9 Å². The fraction of sp³-hybridized carbons (Fsp3) is 0.250. The van der Waals surface area contributed by atoms with Crippen molar-refractivity contribution in [3.8, 4) is 6.07 Å². The molecule has 1 aromatic heterocycles. The normalized spacial score (nSPS) is 10.2. The Morgan fingerprint density at radius 1 is 1.69 bits per heavy atom. The van der Waals surface area contributed by atoms with Gasteiger partial charge in [-0.3, -0.25) is 0 Å². The molecular weight excluding hydrogens is 224 g/mol. The highest BCUT2D eigenvalue weighted by Crippen LogP contribution is 2.28. The summed E-state index contributed by atoms with van der Waals surface area (Å²) in [6, 6.07) is 2.09. The minimum Gasteiger partial charge on any atom is -0.388 e. The molecule has 0 aliphatic carbocycles. The molecule has 1 heterocycles. The fourth-order valence-corrected chi connectivity index (χ4v) is 1.10. The molecule has 16 heavy (non-hydrogen) atoms. The average Bonchev–Trinajstić information content (AvgIpc) is 2.26. The van der Waals surface area contributed by atoms with Crippen molar-refractivity contribution in [2.24, 2.45) is 0 Å². The van der Waals surface area contributed by atoms with Crippen LogP contribution in [0.1, 0.15) is 23.2 Å². The van der Waals surface area contributed by atoms with Gasteiger partial charge in [-0.2, -0.15) is 5.26 Å². The number of aliphatic hydroxyl groups excluding tert-OH is 1. The SMILES string of the molecule is N#Cc1c(C(F)F)cc(CO)nc1[N+](=O)[O-]. The van der Waals surface area contributed by atoms with Crippen LogP contribution >= 0.6 is 0 Å². The lowest BCUT2D eigenvalue weighted by molar-refractivity contribution is -0.390. The van der Waals surface area contributed by atoms with E-state index in [2.05, 4.69) is 4.98 Å². The quantitative estimate of drug-likeness (QED) is 0.621. The number of hydrogen-bond donors (Lipinski definition) is 1. The van der Waals surface area contributed by atoms with Crippen molar-refractivity contribution in [3.63, 3.8) is 0 Å². The summed E-state index contributed by atoms with van der Waals surface area (Å²) in [7, 11) is 0. The first-order valence-corrected chi connectivity index (χ1v) is 3.98. The average molecular weight is 229 g/mol. The van der Waals surface area contributed by atoms with E-state index in [4.69, 9.17) is 10.4 Å². The topological polar surface area (TPSA) is 100 Å². The Labute approximate surface area is 87.9 Å². The molecule has 0 spiro atoms. The zero-order chi connectivity index (χ0) is 12.3. The molecule has 1 rings (SSSR count). The number of aliphatic hydroxyl groups is 1. The molecule has 0 aliphatic heterocycles. The lowest BCUT2D eigenvalue weighted by Crippen LogP contribution is -2.04. The third-order valence-electron chi connectivity index (χ3n) is 1.77. The van der Waals surface area contributed by atoms with Crippen LogP contribution < -0.4 is 0 Å². The molecule has 6 nitrogen and oxygen atoms in total. The van der Waals surface area contributed by atoms with E-state index in [1.54, 1.807) is 0 Å². The molecule has 1 aromatic rings. The Balaban J connectivity index is 3.54. The van der Waals surface area contributed by atoms with Crippen LogP contribution in [-0.2, 0) is 6.61 Å². The number of pyridine rings is 1. The molecule has 0 radical (unpaired) electrons. The maximum absolute atomic E-state index is 12.5. The van der Waals surface area contributed by atoms with Crippen LogP contribution in [0.15, 0.2) is 6.07 Å².